The maximum atomic E-state index is 12.3. The maximum absolute atomic E-state index is 12.3. The Morgan fingerprint density at radius 3 is 2.14 bits per heavy atom. The standard InChI is InChI=1S/C13H22N2O4S2/c1-4-14-11-12-5-7-13(8-6-12)21(18,19)15(2)9-10-20(3,16)17/h5-8,14H,4,9-11H2,1-3H3. The second kappa shape index (κ2) is 7.35. The van der Waals surface area contributed by atoms with Crippen molar-refractivity contribution in [2.45, 2.75) is 18.4 Å². The summed E-state index contributed by atoms with van der Waals surface area (Å²) in [6.07, 6.45) is 1.09. The molecule has 0 saturated heterocycles. The third-order valence-electron chi connectivity index (χ3n) is 2.99. The Morgan fingerprint density at radius 1 is 1.10 bits per heavy atom. The third kappa shape index (κ3) is 5.74. The zero-order valence-corrected chi connectivity index (χ0v) is 14.2. The summed E-state index contributed by atoms with van der Waals surface area (Å²) in [5.41, 5.74) is 0.995. The van der Waals surface area contributed by atoms with Crippen molar-refractivity contribution in [2.24, 2.45) is 0 Å². The molecule has 0 atom stereocenters. The molecule has 1 aromatic carbocycles. The van der Waals surface area contributed by atoms with Gasteiger partial charge in [-0.2, -0.15) is 4.31 Å². The molecule has 6 nitrogen and oxygen atoms in total. The molecule has 0 heterocycles. The van der Waals surface area contributed by atoms with Crippen LogP contribution in [0.2, 0.25) is 0 Å². The highest BCUT2D eigenvalue weighted by molar-refractivity contribution is 7.91. The lowest BCUT2D eigenvalue weighted by Gasteiger charge is -2.17. The van der Waals surface area contributed by atoms with Crippen LogP contribution >= 0.6 is 0 Å². The molecule has 0 saturated carbocycles. The van der Waals surface area contributed by atoms with Gasteiger partial charge in [-0.15, -0.1) is 0 Å². The fourth-order valence-corrected chi connectivity index (χ4v) is 3.54. The van der Waals surface area contributed by atoms with Gasteiger partial charge in [0.1, 0.15) is 9.84 Å². The number of nitrogens with zero attached hydrogens (tertiary/aromatic N) is 1. The van der Waals surface area contributed by atoms with Crippen LogP contribution in [0.5, 0.6) is 0 Å². The van der Waals surface area contributed by atoms with Gasteiger partial charge in [0.2, 0.25) is 10.0 Å². The van der Waals surface area contributed by atoms with E-state index >= 15 is 0 Å². The van der Waals surface area contributed by atoms with E-state index in [4.69, 9.17) is 0 Å². The molecule has 8 heteroatoms. The normalized spacial score (nSPS) is 12.8. The third-order valence-corrected chi connectivity index (χ3v) is 5.78. The molecule has 0 aliphatic heterocycles. The number of benzene rings is 1. The van der Waals surface area contributed by atoms with Crippen molar-refractivity contribution in [3.05, 3.63) is 29.8 Å². The lowest BCUT2D eigenvalue weighted by molar-refractivity contribution is 0.485. The largest absolute Gasteiger partial charge is 0.313 e. The molecule has 0 aliphatic carbocycles. The van der Waals surface area contributed by atoms with Gasteiger partial charge in [0, 0.05) is 26.4 Å². The van der Waals surface area contributed by atoms with E-state index in [1.807, 2.05) is 6.92 Å². The van der Waals surface area contributed by atoms with E-state index in [9.17, 15) is 16.8 Å². The van der Waals surface area contributed by atoms with E-state index in [0.717, 1.165) is 22.7 Å². The van der Waals surface area contributed by atoms with Crippen LogP contribution in [0.4, 0.5) is 0 Å². The first-order valence-electron chi connectivity index (χ1n) is 6.60. The molecule has 0 aromatic heterocycles. The molecule has 21 heavy (non-hydrogen) atoms. The second-order valence-electron chi connectivity index (χ2n) is 4.88. The minimum absolute atomic E-state index is 0.0552. The SMILES string of the molecule is CCNCc1ccc(S(=O)(=O)N(C)CCS(C)(=O)=O)cc1. The lowest BCUT2D eigenvalue weighted by Crippen LogP contribution is -2.31. The predicted octanol–water partition coefficient (Wildman–Crippen LogP) is 0.461. The minimum atomic E-state index is -3.65. The predicted molar refractivity (Wildman–Crippen MR) is 83.3 cm³/mol. The highest BCUT2D eigenvalue weighted by atomic mass is 32.2. The zero-order valence-electron chi connectivity index (χ0n) is 12.5. The topological polar surface area (TPSA) is 83.6 Å². The summed E-state index contributed by atoms with van der Waals surface area (Å²) < 4.78 is 47.9. The van der Waals surface area contributed by atoms with Crippen LogP contribution in [0, 0.1) is 0 Å². The molecule has 0 radical (unpaired) electrons. The average molecular weight is 334 g/mol. The Kier molecular flexibility index (Phi) is 6.33. The molecule has 0 amide bonds. The first-order chi connectivity index (χ1) is 9.66. The molecule has 0 fully saturated rings. The van der Waals surface area contributed by atoms with Crippen molar-refractivity contribution in [3.63, 3.8) is 0 Å². The molecule has 0 unspecified atom stereocenters. The number of rotatable bonds is 8. The number of sulfone groups is 1. The highest BCUT2D eigenvalue weighted by Crippen LogP contribution is 2.15. The first-order valence-corrected chi connectivity index (χ1v) is 10.1. The second-order valence-corrected chi connectivity index (χ2v) is 9.19. The van der Waals surface area contributed by atoms with Crippen LogP contribution < -0.4 is 5.32 Å². The summed E-state index contributed by atoms with van der Waals surface area (Å²) in [6, 6.07) is 6.58. The summed E-state index contributed by atoms with van der Waals surface area (Å²) in [4.78, 5) is 0.166. The zero-order chi connectivity index (χ0) is 16.1. The fraction of sp³-hybridized carbons (Fsp3) is 0.538. The molecular weight excluding hydrogens is 312 g/mol. The summed E-state index contributed by atoms with van der Waals surface area (Å²) in [6.45, 7) is 3.46. The van der Waals surface area contributed by atoms with Crippen molar-refractivity contribution < 1.29 is 16.8 Å². The van der Waals surface area contributed by atoms with Crippen LogP contribution in [-0.2, 0) is 26.4 Å². The Labute approximate surface area is 127 Å². The Balaban J connectivity index is 2.82. The summed E-state index contributed by atoms with van der Waals surface area (Å²) >= 11 is 0. The Hall–Kier alpha value is -0.960. The van der Waals surface area contributed by atoms with Crippen LogP contribution in [0.3, 0.4) is 0 Å². The molecule has 1 N–H and O–H groups in total. The molecule has 0 aliphatic rings. The van der Waals surface area contributed by atoms with Gasteiger partial charge in [-0.05, 0) is 24.2 Å². The van der Waals surface area contributed by atoms with Gasteiger partial charge in [0.15, 0.2) is 0 Å². The van der Waals surface area contributed by atoms with Gasteiger partial charge in [0.25, 0.3) is 0 Å². The van der Waals surface area contributed by atoms with Crippen LogP contribution in [0.1, 0.15) is 12.5 Å². The smallest absolute Gasteiger partial charge is 0.242 e. The molecule has 1 rings (SSSR count). The summed E-state index contributed by atoms with van der Waals surface area (Å²) in [5, 5.41) is 3.16. The number of nitrogens with one attached hydrogen (secondary N) is 1. The van der Waals surface area contributed by atoms with Gasteiger partial charge < -0.3 is 5.32 Å². The lowest BCUT2D eigenvalue weighted by atomic mass is 10.2. The van der Waals surface area contributed by atoms with E-state index in [1.54, 1.807) is 24.3 Å². The molecular formula is C13H22N2O4S2. The van der Waals surface area contributed by atoms with E-state index in [1.165, 1.54) is 7.05 Å². The quantitative estimate of drug-likeness (QED) is 0.747. The van der Waals surface area contributed by atoms with Crippen LogP contribution in [0.15, 0.2) is 29.2 Å². The molecule has 0 spiro atoms. The van der Waals surface area contributed by atoms with Gasteiger partial charge >= 0.3 is 0 Å². The number of hydrogen-bond donors (Lipinski definition) is 1. The highest BCUT2D eigenvalue weighted by Gasteiger charge is 2.21. The Bertz CT molecular complexity index is 652. The summed E-state index contributed by atoms with van der Waals surface area (Å²) in [7, 11) is -5.46. The van der Waals surface area contributed by atoms with Crippen LogP contribution in [-0.4, -0.2) is 53.3 Å². The van der Waals surface area contributed by atoms with Crippen molar-refractivity contribution in [3.8, 4) is 0 Å². The molecule has 1 aromatic rings. The van der Waals surface area contributed by atoms with Crippen molar-refractivity contribution in [1.29, 1.82) is 0 Å². The number of hydrogen-bond acceptors (Lipinski definition) is 5. The van der Waals surface area contributed by atoms with Crippen LogP contribution in [0.25, 0.3) is 0 Å². The first kappa shape index (κ1) is 18.1. The monoisotopic (exact) mass is 334 g/mol. The van der Waals surface area contributed by atoms with E-state index in [-0.39, 0.29) is 17.2 Å². The van der Waals surface area contributed by atoms with Gasteiger partial charge in [-0.1, -0.05) is 19.1 Å². The Morgan fingerprint density at radius 2 is 1.67 bits per heavy atom. The van der Waals surface area contributed by atoms with Crippen molar-refractivity contribution in [2.75, 3.05) is 32.1 Å². The van der Waals surface area contributed by atoms with E-state index < -0.39 is 19.9 Å². The van der Waals surface area contributed by atoms with Crippen molar-refractivity contribution in [1.82, 2.24) is 9.62 Å². The van der Waals surface area contributed by atoms with E-state index in [0.29, 0.717) is 6.54 Å². The van der Waals surface area contributed by atoms with Crippen molar-refractivity contribution >= 4 is 19.9 Å². The average Bonchev–Trinajstić information content (AvgIpc) is 2.42. The number of sulfonamides is 1. The maximum Gasteiger partial charge on any atom is 0.242 e. The van der Waals surface area contributed by atoms with Gasteiger partial charge in [-0.25, -0.2) is 16.8 Å². The molecule has 0 bridgehead atoms. The molecule has 120 valence electrons. The summed E-state index contributed by atoms with van der Waals surface area (Å²) in [5.74, 6) is -0.193. The fourth-order valence-electron chi connectivity index (χ4n) is 1.64. The van der Waals surface area contributed by atoms with Gasteiger partial charge in [-0.3, -0.25) is 0 Å². The van der Waals surface area contributed by atoms with E-state index in [2.05, 4.69) is 5.32 Å². The van der Waals surface area contributed by atoms with Gasteiger partial charge in [0.05, 0.1) is 10.6 Å². The minimum Gasteiger partial charge on any atom is -0.313 e.